The van der Waals surface area contributed by atoms with Crippen LogP contribution in [0, 0.1) is 5.41 Å². The largest absolute Gasteiger partial charge is 0.493 e. The molecule has 0 aliphatic heterocycles. The lowest BCUT2D eigenvalue weighted by Crippen LogP contribution is -2.30. The van der Waals surface area contributed by atoms with Gasteiger partial charge in [-0.05, 0) is 23.1 Å². The zero-order valence-electron chi connectivity index (χ0n) is 11.7. The molecule has 0 unspecified atom stereocenters. The number of rotatable bonds is 4. The van der Waals surface area contributed by atoms with Crippen molar-refractivity contribution in [1.29, 1.82) is 0 Å². The Morgan fingerprint density at radius 1 is 1.00 bits per heavy atom. The first-order valence-electron chi connectivity index (χ1n) is 6.18. The van der Waals surface area contributed by atoms with E-state index in [4.69, 9.17) is 10.5 Å². The predicted molar refractivity (Wildman–Crippen MR) is 73.5 cm³/mol. The number of nitrogens with two attached hydrogens (primary N) is 1. The van der Waals surface area contributed by atoms with Gasteiger partial charge in [-0.15, -0.1) is 0 Å². The van der Waals surface area contributed by atoms with Crippen LogP contribution in [0.15, 0.2) is 24.3 Å². The lowest BCUT2D eigenvalue weighted by molar-refractivity contribution is 0.187. The number of benzene rings is 1. The normalized spacial score (nSPS) is 12.6. The molecule has 2 heteroatoms. The number of hydrogen-bond donors (Lipinski definition) is 1. The molecule has 0 saturated carbocycles. The monoisotopic (exact) mass is 235 g/mol. The first kappa shape index (κ1) is 14.0. The molecule has 0 aliphatic carbocycles. The van der Waals surface area contributed by atoms with Crippen LogP contribution in [0.1, 0.15) is 40.2 Å². The van der Waals surface area contributed by atoms with E-state index >= 15 is 0 Å². The fourth-order valence-corrected chi connectivity index (χ4v) is 1.39. The van der Waals surface area contributed by atoms with Gasteiger partial charge in [-0.1, -0.05) is 46.8 Å². The van der Waals surface area contributed by atoms with E-state index in [0.29, 0.717) is 13.2 Å². The van der Waals surface area contributed by atoms with Crippen LogP contribution in [0.25, 0.3) is 0 Å². The molecule has 0 fully saturated rings. The lowest BCUT2D eigenvalue weighted by atomic mass is 9.87. The van der Waals surface area contributed by atoms with Crippen LogP contribution in [0.4, 0.5) is 0 Å². The molecule has 2 N–H and O–H groups in total. The zero-order valence-corrected chi connectivity index (χ0v) is 11.7. The van der Waals surface area contributed by atoms with Crippen LogP contribution < -0.4 is 10.5 Å². The summed E-state index contributed by atoms with van der Waals surface area (Å²) in [6.45, 7) is 12.1. The summed E-state index contributed by atoms with van der Waals surface area (Å²) in [5.41, 5.74) is 7.21. The van der Waals surface area contributed by atoms with Gasteiger partial charge in [0.1, 0.15) is 5.75 Å². The quantitative estimate of drug-likeness (QED) is 0.868. The highest BCUT2D eigenvalue weighted by Gasteiger charge is 2.17. The fraction of sp³-hybridized carbons (Fsp3) is 0.600. The first-order valence-corrected chi connectivity index (χ1v) is 6.18. The van der Waals surface area contributed by atoms with E-state index in [0.717, 1.165) is 5.75 Å². The van der Waals surface area contributed by atoms with Crippen molar-refractivity contribution in [2.24, 2.45) is 11.1 Å². The molecule has 0 heterocycles. The van der Waals surface area contributed by atoms with E-state index in [2.05, 4.69) is 46.8 Å². The van der Waals surface area contributed by atoms with Crippen molar-refractivity contribution in [2.45, 2.75) is 40.0 Å². The fourth-order valence-electron chi connectivity index (χ4n) is 1.39. The third-order valence-electron chi connectivity index (χ3n) is 2.90. The molecule has 0 radical (unpaired) electrons. The lowest BCUT2D eigenvalue weighted by Gasteiger charge is -2.23. The molecule has 96 valence electrons. The molecular weight excluding hydrogens is 210 g/mol. The average Bonchev–Trinajstić information content (AvgIpc) is 2.26. The minimum Gasteiger partial charge on any atom is -0.493 e. The summed E-state index contributed by atoms with van der Waals surface area (Å²) in [6.07, 6.45) is 0. The summed E-state index contributed by atoms with van der Waals surface area (Å²) in [5, 5.41) is 0. The van der Waals surface area contributed by atoms with Gasteiger partial charge in [0.2, 0.25) is 0 Å². The van der Waals surface area contributed by atoms with Crippen LogP contribution in [0.3, 0.4) is 0 Å². The third kappa shape index (κ3) is 4.39. The maximum absolute atomic E-state index is 5.75. The molecule has 0 amide bonds. The van der Waals surface area contributed by atoms with Gasteiger partial charge in [0.15, 0.2) is 0 Å². The van der Waals surface area contributed by atoms with Crippen molar-refractivity contribution < 1.29 is 4.74 Å². The molecule has 0 atom stereocenters. The van der Waals surface area contributed by atoms with Crippen molar-refractivity contribution in [2.75, 3.05) is 13.2 Å². The second kappa shape index (κ2) is 5.09. The van der Waals surface area contributed by atoms with Crippen molar-refractivity contribution in [3.8, 4) is 5.75 Å². The molecule has 0 aromatic heterocycles. The Bertz CT molecular complexity index is 346. The Kier molecular flexibility index (Phi) is 4.21. The van der Waals surface area contributed by atoms with E-state index in [1.165, 1.54) is 5.56 Å². The van der Waals surface area contributed by atoms with Gasteiger partial charge in [-0.25, -0.2) is 0 Å². The highest BCUT2D eigenvalue weighted by atomic mass is 16.5. The van der Waals surface area contributed by atoms with Crippen molar-refractivity contribution in [3.05, 3.63) is 29.8 Å². The van der Waals surface area contributed by atoms with Gasteiger partial charge in [0.25, 0.3) is 0 Å². The smallest absolute Gasteiger partial charge is 0.119 e. The first-order chi connectivity index (χ1) is 7.74. The molecule has 0 bridgehead atoms. The van der Waals surface area contributed by atoms with Gasteiger partial charge in [-0.2, -0.15) is 0 Å². The molecule has 0 saturated heterocycles. The molecule has 0 aliphatic rings. The molecular formula is C15H25NO. The minimum atomic E-state index is 0.0305. The molecule has 1 aromatic rings. The van der Waals surface area contributed by atoms with Crippen LogP contribution >= 0.6 is 0 Å². The second-order valence-corrected chi connectivity index (χ2v) is 6.43. The topological polar surface area (TPSA) is 35.2 Å². The molecule has 1 rings (SSSR count). The molecule has 0 spiro atoms. The van der Waals surface area contributed by atoms with Crippen LogP contribution in [-0.2, 0) is 5.41 Å². The second-order valence-electron chi connectivity index (χ2n) is 6.43. The van der Waals surface area contributed by atoms with Gasteiger partial charge >= 0.3 is 0 Å². The minimum absolute atomic E-state index is 0.0305. The highest BCUT2D eigenvalue weighted by Crippen LogP contribution is 2.25. The molecule has 2 nitrogen and oxygen atoms in total. The SMILES string of the molecule is CC(C)(CN)COc1ccc(C(C)(C)C)cc1. The maximum Gasteiger partial charge on any atom is 0.119 e. The number of hydrogen-bond acceptors (Lipinski definition) is 2. The van der Waals surface area contributed by atoms with Crippen LogP contribution in [0.2, 0.25) is 0 Å². The van der Waals surface area contributed by atoms with Crippen molar-refractivity contribution >= 4 is 0 Å². The Balaban J connectivity index is 2.64. The molecule has 1 aromatic carbocycles. The summed E-state index contributed by atoms with van der Waals surface area (Å²) < 4.78 is 5.75. The maximum atomic E-state index is 5.75. The van der Waals surface area contributed by atoms with E-state index < -0.39 is 0 Å². The summed E-state index contributed by atoms with van der Waals surface area (Å²) >= 11 is 0. The Morgan fingerprint density at radius 3 is 1.94 bits per heavy atom. The molecule has 17 heavy (non-hydrogen) atoms. The van der Waals surface area contributed by atoms with E-state index in [9.17, 15) is 0 Å². The van der Waals surface area contributed by atoms with Crippen LogP contribution in [-0.4, -0.2) is 13.2 Å². The number of ether oxygens (including phenoxy) is 1. The van der Waals surface area contributed by atoms with Crippen LogP contribution in [0.5, 0.6) is 5.75 Å². The predicted octanol–water partition coefficient (Wildman–Crippen LogP) is 3.35. The Morgan fingerprint density at radius 2 is 1.53 bits per heavy atom. The van der Waals surface area contributed by atoms with E-state index in [1.807, 2.05) is 12.1 Å². The zero-order chi connectivity index (χ0) is 13.1. The van der Waals surface area contributed by atoms with Crippen molar-refractivity contribution in [3.63, 3.8) is 0 Å². The van der Waals surface area contributed by atoms with Gasteiger partial charge < -0.3 is 10.5 Å². The summed E-state index contributed by atoms with van der Waals surface area (Å²) in [6, 6.07) is 8.33. The third-order valence-corrected chi connectivity index (χ3v) is 2.90. The van der Waals surface area contributed by atoms with E-state index in [-0.39, 0.29) is 10.8 Å². The standard InChI is InChI=1S/C15H25NO/c1-14(2,3)12-6-8-13(9-7-12)17-11-15(4,5)10-16/h6-9H,10-11,16H2,1-5H3. The van der Waals surface area contributed by atoms with Gasteiger partial charge in [-0.3, -0.25) is 0 Å². The summed E-state index contributed by atoms with van der Waals surface area (Å²) in [5.74, 6) is 0.916. The summed E-state index contributed by atoms with van der Waals surface area (Å²) in [4.78, 5) is 0. The van der Waals surface area contributed by atoms with E-state index in [1.54, 1.807) is 0 Å². The van der Waals surface area contributed by atoms with Crippen molar-refractivity contribution in [1.82, 2.24) is 0 Å². The Labute approximate surface area is 105 Å². The average molecular weight is 235 g/mol. The highest BCUT2D eigenvalue weighted by molar-refractivity contribution is 5.31. The summed E-state index contributed by atoms with van der Waals surface area (Å²) in [7, 11) is 0. The Hall–Kier alpha value is -1.02. The van der Waals surface area contributed by atoms with Gasteiger partial charge in [0.05, 0.1) is 6.61 Å². The van der Waals surface area contributed by atoms with Gasteiger partial charge in [0, 0.05) is 12.0 Å².